The van der Waals surface area contributed by atoms with Gasteiger partial charge in [0.15, 0.2) is 0 Å². The van der Waals surface area contributed by atoms with E-state index in [2.05, 4.69) is 15.9 Å². The highest BCUT2D eigenvalue weighted by atomic mass is 79.9. The molecule has 0 aromatic heterocycles. The van der Waals surface area contributed by atoms with Crippen molar-refractivity contribution in [3.8, 4) is 0 Å². The molecule has 1 heterocycles. The molecular weight excluding hydrogens is 310 g/mol. The zero-order valence-electron chi connectivity index (χ0n) is 10.4. The van der Waals surface area contributed by atoms with Crippen molar-refractivity contribution in [2.24, 2.45) is 5.73 Å². The Bertz CT molecular complexity index is 519. The number of rotatable bonds is 2. The summed E-state index contributed by atoms with van der Waals surface area (Å²) in [5.74, 6) is -0.619. The van der Waals surface area contributed by atoms with E-state index in [1.807, 2.05) is 0 Å². The molecule has 1 unspecified atom stereocenters. The van der Waals surface area contributed by atoms with E-state index in [0.29, 0.717) is 28.7 Å². The van der Waals surface area contributed by atoms with E-state index >= 15 is 0 Å². The van der Waals surface area contributed by atoms with Gasteiger partial charge < -0.3 is 16.4 Å². The second-order valence-electron chi connectivity index (χ2n) is 4.65. The highest BCUT2D eigenvalue weighted by molar-refractivity contribution is 9.10. The van der Waals surface area contributed by atoms with Crippen LogP contribution in [0.3, 0.4) is 0 Å². The van der Waals surface area contributed by atoms with Gasteiger partial charge in [-0.3, -0.25) is 9.59 Å². The predicted octanol–water partition coefficient (Wildman–Crippen LogP) is 1.51. The number of halogens is 1. The highest BCUT2D eigenvalue weighted by Gasteiger charge is 2.31. The molecule has 6 heteroatoms. The summed E-state index contributed by atoms with van der Waals surface area (Å²) in [7, 11) is 0. The summed E-state index contributed by atoms with van der Waals surface area (Å²) in [6, 6.07) is 4.50. The fourth-order valence-corrected chi connectivity index (χ4v) is 2.68. The first-order valence-electron chi connectivity index (χ1n) is 6.16. The second kappa shape index (κ2) is 5.61. The number of nitrogens with two attached hydrogens (primary N) is 2. The van der Waals surface area contributed by atoms with Gasteiger partial charge in [0.25, 0.3) is 5.91 Å². The number of hydrogen-bond donors (Lipinski definition) is 2. The zero-order chi connectivity index (χ0) is 14.0. The standard InChI is InChI=1S/C13H16BrN3O2/c14-9-7-8(4-5-10(9)15)13(19)17-6-2-1-3-11(17)12(16)18/h4-5,7,11H,1-3,6,15H2,(H2,16,18). The molecule has 1 fully saturated rings. The number of likely N-dealkylation sites (tertiary alicyclic amines) is 1. The lowest BCUT2D eigenvalue weighted by Crippen LogP contribution is -2.50. The average molecular weight is 326 g/mol. The van der Waals surface area contributed by atoms with Crippen LogP contribution < -0.4 is 11.5 Å². The van der Waals surface area contributed by atoms with Gasteiger partial charge in [0.05, 0.1) is 0 Å². The van der Waals surface area contributed by atoms with Crippen molar-refractivity contribution in [1.29, 1.82) is 0 Å². The third-order valence-electron chi connectivity index (χ3n) is 3.34. The second-order valence-corrected chi connectivity index (χ2v) is 5.50. The van der Waals surface area contributed by atoms with Crippen LogP contribution in [0.2, 0.25) is 0 Å². The molecular formula is C13H16BrN3O2. The Kier molecular flexibility index (Phi) is 4.09. The van der Waals surface area contributed by atoms with Gasteiger partial charge in [0.2, 0.25) is 5.91 Å². The van der Waals surface area contributed by atoms with Crippen molar-refractivity contribution in [2.75, 3.05) is 12.3 Å². The van der Waals surface area contributed by atoms with E-state index < -0.39 is 11.9 Å². The van der Waals surface area contributed by atoms with Gasteiger partial charge in [-0.25, -0.2) is 0 Å². The summed E-state index contributed by atoms with van der Waals surface area (Å²) in [5.41, 5.74) is 12.1. The van der Waals surface area contributed by atoms with Crippen molar-refractivity contribution in [3.05, 3.63) is 28.2 Å². The lowest BCUT2D eigenvalue weighted by atomic mass is 10.0. The molecule has 0 aliphatic carbocycles. The number of nitrogens with zero attached hydrogens (tertiary/aromatic N) is 1. The molecule has 2 amide bonds. The van der Waals surface area contributed by atoms with Gasteiger partial charge in [-0.1, -0.05) is 0 Å². The molecule has 1 aromatic carbocycles. The van der Waals surface area contributed by atoms with E-state index in [1.54, 1.807) is 23.1 Å². The Morgan fingerprint density at radius 2 is 2.05 bits per heavy atom. The van der Waals surface area contributed by atoms with Crippen molar-refractivity contribution >= 4 is 33.4 Å². The predicted molar refractivity (Wildman–Crippen MR) is 76.4 cm³/mol. The Labute approximate surface area is 120 Å². The smallest absolute Gasteiger partial charge is 0.254 e. The SMILES string of the molecule is NC(=O)C1CCCCN1C(=O)c1ccc(N)c(Br)c1. The molecule has 0 saturated carbocycles. The summed E-state index contributed by atoms with van der Waals surface area (Å²) < 4.78 is 0.672. The third kappa shape index (κ3) is 2.89. The molecule has 2 rings (SSSR count). The van der Waals surface area contributed by atoms with Crippen LogP contribution in [0.1, 0.15) is 29.6 Å². The van der Waals surface area contributed by atoms with E-state index in [4.69, 9.17) is 11.5 Å². The number of piperidine rings is 1. The lowest BCUT2D eigenvalue weighted by molar-refractivity contribution is -0.123. The summed E-state index contributed by atoms with van der Waals surface area (Å²) >= 11 is 3.30. The van der Waals surface area contributed by atoms with E-state index in [-0.39, 0.29) is 5.91 Å². The molecule has 1 aliphatic heterocycles. The molecule has 0 spiro atoms. The lowest BCUT2D eigenvalue weighted by Gasteiger charge is -2.33. The van der Waals surface area contributed by atoms with Crippen LogP contribution in [0.25, 0.3) is 0 Å². The number of hydrogen-bond acceptors (Lipinski definition) is 3. The molecule has 4 N–H and O–H groups in total. The normalized spacial score (nSPS) is 19.2. The van der Waals surface area contributed by atoms with Crippen molar-refractivity contribution < 1.29 is 9.59 Å². The fourth-order valence-electron chi connectivity index (χ4n) is 2.30. The third-order valence-corrected chi connectivity index (χ3v) is 4.03. The van der Waals surface area contributed by atoms with Crippen LogP contribution in [0.15, 0.2) is 22.7 Å². The Balaban J connectivity index is 2.26. The minimum absolute atomic E-state index is 0.177. The van der Waals surface area contributed by atoms with Crippen LogP contribution >= 0.6 is 15.9 Å². The fraction of sp³-hybridized carbons (Fsp3) is 0.385. The molecule has 0 radical (unpaired) electrons. The number of nitrogen functional groups attached to an aromatic ring is 1. The van der Waals surface area contributed by atoms with Crippen LogP contribution in [-0.2, 0) is 4.79 Å². The summed E-state index contributed by atoms with van der Waals surface area (Å²) in [6.07, 6.45) is 2.45. The van der Waals surface area contributed by atoms with Gasteiger partial charge >= 0.3 is 0 Å². The topological polar surface area (TPSA) is 89.4 Å². The molecule has 1 saturated heterocycles. The van der Waals surface area contributed by atoms with Gasteiger partial charge in [-0.15, -0.1) is 0 Å². The quantitative estimate of drug-likeness (QED) is 0.807. The minimum atomic E-state index is -0.502. The first-order chi connectivity index (χ1) is 9.00. The molecule has 5 nitrogen and oxygen atoms in total. The monoisotopic (exact) mass is 325 g/mol. The number of anilines is 1. The number of carbonyl (C=O) groups is 2. The zero-order valence-corrected chi connectivity index (χ0v) is 12.0. The molecule has 1 aliphatic rings. The Hall–Kier alpha value is -1.56. The van der Waals surface area contributed by atoms with Crippen molar-refractivity contribution in [2.45, 2.75) is 25.3 Å². The van der Waals surface area contributed by atoms with E-state index in [0.717, 1.165) is 12.8 Å². The summed E-state index contributed by atoms with van der Waals surface area (Å²) in [5, 5.41) is 0. The molecule has 1 atom stereocenters. The maximum absolute atomic E-state index is 12.4. The van der Waals surface area contributed by atoms with Crippen LogP contribution in [0, 0.1) is 0 Å². The molecule has 102 valence electrons. The van der Waals surface area contributed by atoms with Gasteiger partial charge in [-0.2, -0.15) is 0 Å². The summed E-state index contributed by atoms with van der Waals surface area (Å²) in [4.78, 5) is 25.4. The van der Waals surface area contributed by atoms with Crippen molar-refractivity contribution in [3.63, 3.8) is 0 Å². The average Bonchev–Trinajstić information content (AvgIpc) is 2.41. The largest absolute Gasteiger partial charge is 0.398 e. The van der Waals surface area contributed by atoms with Gasteiger partial charge in [0.1, 0.15) is 6.04 Å². The van der Waals surface area contributed by atoms with Gasteiger partial charge in [0, 0.05) is 22.3 Å². The number of amides is 2. The Morgan fingerprint density at radius 1 is 1.32 bits per heavy atom. The first-order valence-corrected chi connectivity index (χ1v) is 6.95. The Morgan fingerprint density at radius 3 is 2.68 bits per heavy atom. The van der Waals surface area contributed by atoms with E-state index in [1.165, 1.54) is 0 Å². The van der Waals surface area contributed by atoms with E-state index in [9.17, 15) is 9.59 Å². The first kappa shape index (κ1) is 13.9. The summed E-state index contributed by atoms with van der Waals surface area (Å²) in [6.45, 7) is 0.564. The number of carbonyl (C=O) groups excluding carboxylic acids is 2. The maximum Gasteiger partial charge on any atom is 0.254 e. The molecule has 19 heavy (non-hydrogen) atoms. The van der Waals surface area contributed by atoms with Crippen LogP contribution in [0.4, 0.5) is 5.69 Å². The minimum Gasteiger partial charge on any atom is -0.398 e. The van der Waals surface area contributed by atoms with Crippen LogP contribution in [0.5, 0.6) is 0 Å². The van der Waals surface area contributed by atoms with Crippen molar-refractivity contribution in [1.82, 2.24) is 4.90 Å². The van der Waals surface area contributed by atoms with Crippen LogP contribution in [-0.4, -0.2) is 29.3 Å². The maximum atomic E-state index is 12.4. The number of primary amides is 1. The highest BCUT2D eigenvalue weighted by Crippen LogP contribution is 2.24. The molecule has 1 aromatic rings. The molecule has 0 bridgehead atoms. The van der Waals surface area contributed by atoms with Gasteiger partial charge in [-0.05, 0) is 53.4 Å². The number of benzene rings is 1.